The zero-order valence-corrected chi connectivity index (χ0v) is 15.6. The van der Waals surface area contributed by atoms with Crippen LogP contribution < -0.4 is 10.6 Å². The molecule has 0 atom stereocenters. The van der Waals surface area contributed by atoms with E-state index in [2.05, 4.69) is 15.9 Å². The van der Waals surface area contributed by atoms with Gasteiger partial charge in [-0.15, -0.1) is 0 Å². The lowest BCUT2D eigenvalue weighted by Gasteiger charge is -2.17. The van der Waals surface area contributed by atoms with Crippen molar-refractivity contribution in [1.29, 1.82) is 0 Å². The van der Waals surface area contributed by atoms with Crippen molar-refractivity contribution >= 4 is 45.2 Å². The Kier molecular flexibility index (Phi) is 6.29. The quantitative estimate of drug-likeness (QED) is 0.501. The van der Waals surface area contributed by atoms with Gasteiger partial charge in [-0.05, 0) is 40.2 Å². The molecule has 4 nitrogen and oxygen atoms in total. The van der Waals surface area contributed by atoms with E-state index in [4.69, 9.17) is 11.6 Å². The molecular weight excluding hydrogens is 482 g/mol. The summed E-state index contributed by atoms with van der Waals surface area (Å²) < 4.78 is 76.9. The lowest BCUT2D eigenvalue weighted by atomic mass is 10.1. The zero-order valence-electron chi connectivity index (χ0n) is 13.3. The Morgan fingerprint density at radius 1 is 0.964 bits per heavy atom. The van der Waals surface area contributed by atoms with Gasteiger partial charge in [-0.3, -0.25) is 10.1 Å². The molecule has 2 aromatic rings. The van der Waals surface area contributed by atoms with Gasteiger partial charge < -0.3 is 5.32 Å². The van der Waals surface area contributed by atoms with E-state index in [0.29, 0.717) is 6.07 Å². The van der Waals surface area contributed by atoms with Crippen LogP contribution in [-0.4, -0.2) is 11.9 Å². The molecule has 0 radical (unpaired) electrons. The van der Waals surface area contributed by atoms with E-state index in [9.17, 15) is 35.9 Å². The first kappa shape index (κ1) is 22.0. The third kappa shape index (κ3) is 5.16. The molecule has 2 N–H and O–H groups in total. The molecule has 150 valence electrons. The molecule has 0 aromatic heterocycles. The monoisotopic (exact) mass is 488 g/mol. The molecule has 0 saturated carbocycles. The van der Waals surface area contributed by atoms with Gasteiger partial charge in [0.1, 0.15) is 0 Å². The number of alkyl halides is 6. The first-order valence-electron chi connectivity index (χ1n) is 7.15. The van der Waals surface area contributed by atoms with Crippen molar-refractivity contribution < 1.29 is 35.9 Å². The predicted octanol–water partition coefficient (Wildman–Crippen LogP) is 6.10. The maximum atomic E-state index is 13.0. The number of benzene rings is 2. The fourth-order valence-electron chi connectivity index (χ4n) is 2.05. The summed E-state index contributed by atoms with van der Waals surface area (Å²) in [6.07, 6.45) is -10.2. The summed E-state index contributed by atoms with van der Waals surface area (Å²) in [4.78, 5) is 23.9. The number of rotatable bonds is 2. The van der Waals surface area contributed by atoms with E-state index < -0.39 is 45.6 Å². The van der Waals surface area contributed by atoms with Crippen molar-refractivity contribution in [3.05, 3.63) is 62.6 Å². The summed E-state index contributed by atoms with van der Waals surface area (Å²) in [7, 11) is 0. The van der Waals surface area contributed by atoms with Crippen molar-refractivity contribution in [3.63, 3.8) is 0 Å². The van der Waals surface area contributed by atoms with Crippen molar-refractivity contribution in [1.82, 2.24) is 5.32 Å². The van der Waals surface area contributed by atoms with Crippen molar-refractivity contribution in [2.24, 2.45) is 0 Å². The van der Waals surface area contributed by atoms with Gasteiger partial charge in [0.05, 0.1) is 31.9 Å². The highest BCUT2D eigenvalue weighted by Gasteiger charge is 2.39. The molecule has 0 aliphatic heterocycles. The minimum atomic E-state index is -5.12. The summed E-state index contributed by atoms with van der Waals surface area (Å²) in [5.41, 5.74) is -4.21. The van der Waals surface area contributed by atoms with E-state index in [-0.39, 0.29) is 16.7 Å². The van der Waals surface area contributed by atoms with Crippen LogP contribution >= 0.6 is 27.5 Å². The smallest absolute Gasteiger partial charge is 0.307 e. The van der Waals surface area contributed by atoms with Crippen LogP contribution in [0.1, 0.15) is 21.5 Å². The number of amides is 3. The molecule has 2 aromatic carbocycles. The predicted molar refractivity (Wildman–Crippen MR) is 92.1 cm³/mol. The highest BCUT2D eigenvalue weighted by atomic mass is 79.9. The third-order valence-electron chi connectivity index (χ3n) is 3.30. The van der Waals surface area contributed by atoms with Crippen molar-refractivity contribution in [2.45, 2.75) is 12.4 Å². The Balaban J connectivity index is 2.33. The van der Waals surface area contributed by atoms with Crippen LogP contribution in [0.2, 0.25) is 5.02 Å². The lowest BCUT2D eigenvalue weighted by Crippen LogP contribution is -2.34. The molecule has 28 heavy (non-hydrogen) atoms. The van der Waals surface area contributed by atoms with Gasteiger partial charge in [-0.1, -0.05) is 23.7 Å². The molecule has 0 fully saturated rings. The van der Waals surface area contributed by atoms with Gasteiger partial charge in [0.25, 0.3) is 5.91 Å². The second kappa shape index (κ2) is 8.00. The van der Waals surface area contributed by atoms with Crippen LogP contribution in [-0.2, 0) is 12.4 Å². The Morgan fingerprint density at radius 3 is 2.11 bits per heavy atom. The number of imide groups is 1. The average Bonchev–Trinajstić information content (AvgIpc) is 2.54. The molecule has 0 bridgehead atoms. The van der Waals surface area contributed by atoms with Crippen LogP contribution in [0.25, 0.3) is 0 Å². The van der Waals surface area contributed by atoms with Crippen LogP contribution in [0.5, 0.6) is 0 Å². The molecule has 0 aliphatic rings. The first-order chi connectivity index (χ1) is 12.8. The number of halogens is 8. The Morgan fingerprint density at radius 2 is 1.57 bits per heavy atom. The van der Waals surface area contributed by atoms with E-state index in [1.54, 1.807) is 10.6 Å². The van der Waals surface area contributed by atoms with Crippen LogP contribution in [0.15, 0.2) is 40.9 Å². The summed E-state index contributed by atoms with van der Waals surface area (Å²) >= 11 is 8.31. The standard InChI is InChI=1S/C16H8BrClF6N2O2/c17-12-9(16(22,23)24)5-7(15(19,20)21)6-11(12)25-14(28)26-13(27)8-3-1-2-4-10(8)18/h1-6H,(H2,25,26,27,28). The molecule has 12 heteroatoms. The number of nitrogens with one attached hydrogen (secondary N) is 2. The largest absolute Gasteiger partial charge is 0.417 e. The Bertz CT molecular complexity index is 930. The molecule has 0 saturated heterocycles. The summed E-state index contributed by atoms with van der Waals surface area (Å²) in [6.45, 7) is 0. The maximum absolute atomic E-state index is 13.0. The van der Waals surface area contributed by atoms with Crippen LogP contribution in [0.4, 0.5) is 36.8 Å². The topological polar surface area (TPSA) is 58.2 Å². The Hall–Kier alpha value is -2.27. The van der Waals surface area contributed by atoms with Gasteiger partial charge in [-0.2, -0.15) is 26.3 Å². The average molecular weight is 490 g/mol. The fourth-order valence-corrected chi connectivity index (χ4v) is 2.83. The van der Waals surface area contributed by atoms with Crippen molar-refractivity contribution in [2.75, 3.05) is 5.32 Å². The molecule has 0 aliphatic carbocycles. The van der Waals surface area contributed by atoms with Gasteiger partial charge in [0, 0.05) is 0 Å². The summed E-state index contributed by atoms with van der Waals surface area (Å²) in [5.74, 6) is -0.998. The second-order valence-corrected chi connectivity index (χ2v) is 6.47. The first-order valence-corrected chi connectivity index (χ1v) is 8.32. The SMILES string of the molecule is O=C(NC(=O)c1ccccc1Cl)Nc1cc(C(F)(F)F)cc(C(F)(F)F)c1Br. The minimum Gasteiger partial charge on any atom is -0.307 e. The molecular formula is C16H8BrClF6N2O2. The lowest BCUT2D eigenvalue weighted by molar-refractivity contribution is -0.143. The minimum absolute atomic E-state index is 0.00703. The maximum Gasteiger partial charge on any atom is 0.417 e. The van der Waals surface area contributed by atoms with Gasteiger partial charge in [0.15, 0.2) is 0 Å². The number of carbonyl (C=O) groups is 2. The summed E-state index contributed by atoms with van der Waals surface area (Å²) in [6, 6.07) is 4.44. The normalized spacial score (nSPS) is 11.9. The molecule has 2 rings (SSSR count). The summed E-state index contributed by atoms with van der Waals surface area (Å²) in [5, 5.41) is 3.56. The van der Waals surface area contributed by atoms with Crippen molar-refractivity contribution in [3.8, 4) is 0 Å². The zero-order chi connectivity index (χ0) is 21.3. The Labute approximate surface area is 167 Å². The number of urea groups is 1. The number of carbonyl (C=O) groups excluding carboxylic acids is 2. The van der Waals surface area contributed by atoms with Gasteiger partial charge in [-0.25, -0.2) is 4.79 Å². The molecule has 3 amide bonds. The highest BCUT2D eigenvalue weighted by molar-refractivity contribution is 9.10. The molecule has 0 unspecified atom stereocenters. The van der Waals surface area contributed by atoms with E-state index in [0.717, 1.165) is 0 Å². The number of anilines is 1. The number of hydrogen-bond donors (Lipinski definition) is 2. The second-order valence-electron chi connectivity index (χ2n) is 5.27. The number of hydrogen-bond acceptors (Lipinski definition) is 2. The van der Waals surface area contributed by atoms with Crippen LogP contribution in [0, 0.1) is 0 Å². The molecule has 0 spiro atoms. The van der Waals surface area contributed by atoms with E-state index in [1.807, 2.05) is 0 Å². The van der Waals surface area contributed by atoms with E-state index in [1.165, 1.54) is 24.3 Å². The highest BCUT2D eigenvalue weighted by Crippen LogP contribution is 2.43. The van der Waals surface area contributed by atoms with Crippen LogP contribution in [0.3, 0.4) is 0 Å². The van der Waals surface area contributed by atoms with E-state index >= 15 is 0 Å². The molecule has 0 heterocycles. The van der Waals surface area contributed by atoms with Gasteiger partial charge >= 0.3 is 18.4 Å². The van der Waals surface area contributed by atoms with Gasteiger partial charge in [0.2, 0.25) is 0 Å². The fraction of sp³-hybridized carbons (Fsp3) is 0.125. The third-order valence-corrected chi connectivity index (χ3v) is 4.48.